The maximum Gasteiger partial charge on any atom is 0.123 e. The zero-order chi connectivity index (χ0) is 13.7. The Hall–Kier alpha value is -1.13. The molecule has 4 heteroatoms. The molecule has 1 unspecified atom stereocenters. The van der Waals surface area contributed by atoms with Crippen LogP contribution < -0.4 is 4.74 Å². The molecule has 1 aliphatic heterocycles. The number of benzene rings is 1. The molecule has 0 saturated carbocycles. The van der Waals surface area contributed by atoms with E-state index in [0.717, 1.165) is 38.9 Å². The molecule has 1 heterocycles. The van der Waals surface area contributed by atoms with Gasteiger partial charge in [-0.2, -0.15) is 0 Å². The number of hydrogen-bond donors (Lipinski definition) is 1. The predicted molar refractivity (Wildman–Crippen MR) is 72.8 cm³/mol. The molecular weight excluding hydrogens is 245 g/mol. The van der Waals surface area contributed by atoms with Crippen molar-refractivity contribution in [3.05, 3.63) is 30.1 Å². The van der Waals surface area contributed by atoms with Crippen molar-refractivity contribution < 1.29 is 14.2 Å². The van der Waals surface area contributed by atoms with Crippen LogP contribution in [0.2, 0.25) is 0 Å². The second-order valence-electron chi connectivity index (χ2n) is 5.49. The third kappa shape index (κ3) is 4.80. The van der Waals surface area contributed by atoms with Gasteiger partial charge in [-0.15, -0.1) is 0 Å². The lowest BCUT2D eigenvalue weighted by Crippen LogP contribution is -2.31. The second kappa shape index (κ2) is 6.35. The molecule has 3 nitrogen and oxygen atoms in total. The van der Waals surface area contributed by atoms with Crippen molar-refractivity contribution >= 4 is 0 Å². The molecule has 0 aliphatic carbocycles. The van der Waals surface area contributed by atoms with E-state index in [1.165, 1.54) is 12.1 Å². The van der Waals surface area contributed by atoms with Crippen LogP contribution in [-0.4, -0.2) is 41.8 Å². The highest BCUT2D eigenvalue weighted by molar-refractivity contribution is 5.21. The quantitative estimate of drug-likeness (QED) is 0.909. The van der Waals surface area contributed by atoms with Gasteiger partial charge in [0.1, 0.15) is 18.2 Å². The Labute approximate surface area is 114 Å². The topological polar surface area (TPSA) is 32.7 Å². The van der Waals surface area contributed by atoms with E-state index in [9.17, 15) is 9.50 Å². The first-order valence-corrected chi connectivity index (χ1v) is 6.88. The van der Waals surface area contributed by atoms with Gasteiger partial charge in [-0.1, -0.05) is 0 Å². The summed E-state index contributed by atoms with van der Waals surface area (Å²) in [5.74, 6) is 0.449. The Kier molecular flexibility index (Phi) is 4.77. The first-order chi connectivity index (χ1) is 9.05. The number of aliphatic hydroxyl groups is 1. The summed E-state index contributed by atoms with van der Waals surface area (Å²) < 4.78 is 18.3. The molecule has 1 fully saturated rings. The fraction of sp³-hybridized carbons (Fsp3) is 0.600. The van der Waals surface area contributed by atoms with E-state index < -0.39 is 5.60 Å². The van der Waals surface area contributed by atoms with Gasteiger partial charge in [-0.25, -0.2) is 4.39 Å². The fourth-order valence-corrected chi connectivity index (χ4v) is 2.37. The number of nitrogens with zero attached hydrogens (tertiary/aromatic N) is 1. The molecule has 0 radical (unpaired) electrons. The van der Waals surface area contributed by atoms with Gasteiger partial charge in [-0.05, 0) is 57.0 Å². The summed E-state index contributed by atoms with van der Waals surface area (Å²) in [6.45, 7) is 5.25. The number of likely N-dealkylation sites (tertiary alicyclic amines) is 1. The standard InChI is InChI=1S/C15H22FNO2/c1-15(18)7-2-9-17(10-8-15)11-12-19-14-5-3-13(16)4-6-14/h3-6,18H,2,7-12H2,1H3. The van der Waals surface area contributed by atoms with E-state index in [1.807, 2.05) is 6.92 Å². The molecule has 1 aliphatic rings. The number of rotatable bonds is 4. The highest BCUT2D eigenvalue weighted by Crippen LogP contribution is 2.21. The lowest BCUT2D eigenvalue weighted by molar-refractivity contribution is 0.0442. The molecule has 1 aromatic rings. The molecule has 0 amide bonds. The highest BCUT2D eigenvalue weighted by atomic mass is 19.1. The maximum absolute atomic E-state index is 12.7. The second-order valence-corrected chi connectivity index (χ2v) is 5.49. The van der Waals surface area contributed by atoms with Crippen LogP contribution in [0.4, 0.5) is 4.39 Å². The van der Waals surface area contributed by atoms with Crippen molar-refractivity contribution in [1.29, 1.82) is 0 Å². The van der Waals surface area contributed by atoms with Crippen LogP contribution in [0, 0.1) is 5.82 Å². The predicted octanol–water partition coefficient (Wildman–Crippen LogP) is 2.44. The number of halogens is 1. The van der Waals surface area contributed by atoms with Crippen LogP contribution in [-0.2, 0) is 0 Å². The summed E-state index contributed by atoms with van der Waals surface area (Å²) in [6.07, 6.45) is 2.69. The lowest BCUT2D eigenvalue weighted by Gasteiger charge is -2.22. The molecule has 2 rings (SSSR count). The summed E-state index contributed by atoms with van der Waals surface area (Å²) >= 11 is 0. The summed E-state index contributed by atoms with van der Waals surface area (Å²) in [7, 11) is 0. The molecule has 106 valence electrons. The minimum Gasteiger partial charge on any atom is -0.492 e. The monoisotopic (exact) mass is 267 g/mol. The summed E-state index contributed by atoms with van der Waals surface area (Å²) in [6, 6.07) is 6.09. The Bertz CT molecular complexity index is 392. The van der Waals surface area contributed by atoms with Crippen molar-refractivity contribution in [2.45, 2.75) is 31.8 Å². The lowest BCUT2D eigenvalue weighted by atomic mass is 9.98. The van der Waals surface area contributed by atoms with Gasteiger partial charge < -0.3 is 9.84 Å². The SMILES string of the molecule is CC1(O)CCCN(CCOc2ccc(F)cc2)CC1. The average Bonchev–Trinajstić information content (AvgIpc) is 2.53. The maximum atomic E-state index is 12.7. The Balaban J connectivity index is 1.72. The zero-order valence-corrected chi connectivity index (χ0v) is 11.4. The zero-order valence-electron chi connectivity index (χ0n) is 11.4. The minimum absolute atomic E-state index is 0.248. The van der Waals surface area contributed by atoms with Crippen LogP contribution in [0.25, 0.3) is 0 Å². The van der Waals surface area contributed by atoms with Crippen LogP contribution in [0.3, 0.4) is 0 Å². The average molecular weight is 267 g/mol. The van der Waals surface area contributed by atoms with E-state index in [0.29, 0.717) is 12.4 Å². The van der Waals surface area contributed by atoms with E-state index in [-0.39, 0.29) is 5.82 Å². The van der Waals surface area contributed by atoms with Gasteiger partial charge in [0.05, 0.1) is 5.60 Å². The van der Waals surface area contributed by atoms with Gasteiger partial charge in [0, 0.05) is 13.1 Å². The molecule has 0 bridgehead atoms. The number of hydrogen-bond acceptors (Lipinski definition) is 3. The molecule has 0 spiro atoms. The third-order valence-electron chi connectivity index (χ3n) is 3.65. The molecule has 1 atom stereocenters. The van der Waals surface area contributed by atoms with E-state index >= 15 is 0 Å². The van der Waals surface area contributed by atoms with Crippen molar-refractivity contribution in [3.63, 3.8) is 0 Å². The third-order valence-corrected chi connectivity index (χ3v) is 3.65. The first-order valence-electron chi connectivity index (χ1n) is 6.88. The van der Waals surface area contributed by atoms with Crippen LogP contribution >= 0.6 is 0 Å². The largest absolute Gasteiger partial charge is 0.492 e. The van der Waals surface area contributed by atoms with Gasteiger partial charge in [0.15, 0.2) is 0 Å². The van der Waals surface area contributed by atoms with Crippen LogP contribution in [0.1, 0.15) is 26.2 Å². The minimum atomic E-state index is -0.521. The van der Waals surface area contributed by atoms with Gasteiger partial charge in [0.25, 0.3) is 0 Å². The van der Waals surface area contributed by atoms with E-state index in [1.54, 1.807) is 12.1 Å². The molecule has 1 saturated heterocycles. The van der Waals surface area contributed by atoms with E-state index in [4.69, 9.17) is 4.74 Å². The van der Waals surface area contributed by atoms with Crippen molar-refractivity contribution in [2.75, 3.05) is 26.2 Å². The number of ether oxygens (including phenoxy) is 1. The summed E-state index contributed by atoms with van der Waals surface area (Å²) in [5, 5.41) is 10.0. The van der Waals surface area contributed by atoms with Gasteiger partial charge in [0.2, 0.25) is 0 Å². The molecule has 1 N–H and O–H groups in total. The smallest absolute Gasteiger partial charge is 0.123 e. The Morgan fingerprint density at radius 3 is 2.74 bits per heavy atom. The van der Waals surface area contributed by atoms with Crippen molar-refractivity contribution in [3.8, 4) is 5.75 Å². The normalized spacial score (nSPS) is 25.0. The highest BCUT2D eigenvalue weighted by Gasteiger charge is 2.24. The van der Waals surface area contributed by atoms with Gasteiger partial charge in [-0.3, -0.25) is 4.90 Å². The van der Waals surface area contributed by atoms with Crippen molar-refractivity contribution in [2.24, 2.45) is 0 Å². The fourth-order valence-electron chi connectivity index (χ4n) is 2.37. The Morgan fingerprint density at radius 2 is 2.00 bits per heavy atom. The molecule has 0 aromatic heterocycles. The molecule has 19 heavy (non-hydrogen) atoms. The van der Waals surface area contributed by atoms with Crippen LogP contribution in [0.15, 0.2) is 24.3 Å². The summed E-state index contributed by atoms with van der Waals surface area (Å²) in [5.41, 5.74) is -0.521. The van der Waals surface area contributed by atoms with E-state index in [2.05, 4.69) is 4.90 Å². The van der Waals surface area contributed by atoms with Crippen LogP contribution in [0.5, 0.6) is 5.75 Å². The van der Waals surface area contributed by atoms with Gasteiger partial charge >= 0.3 is 0 Å². The molecular formula is C15H22FNO2. The van der Waals surface area contributed by atoms with Crippen molar-refractivity contribution in [1.82, 2.24) is 4.90 Å². The molecule has 1 aromatic carbocycles. The summed E-state index contributed by atoms with van der Waals surface area (Å²) in [4.78, 5) is 2.31. The first kappa shape index (κ1) is 14.3. The Morgan fingerprint density at radius 1 is 1.26 bits per heavy atom.